The first-order valence-corrected chi connectivity index (χ1v) is 4.84. The van der Waals surface area contributed by atoms with Gasteiger partial charge in [-0.05, 0) is 43.5 Å². The van der Waals surface area contributed by atoms with Gasteiger partial charge in [-0.2, -0.15) is 0 Å². The van der Waals surface area contributed by atoms with Crippen molar-refractivity contribution in [2.24, 2.45) is 0 Å². The van der Waals surface area contributed by atoms with E-state index < -0.39 is 0 Å². The SMILES string of the molecule is Cc1cc(N)ccc1C(=O)NC1CC1. The predicted molar refractivity (Wildman–Crippen MR) is 56.1 cm³/mol. The minimum absolute atomic E-state index is 0.0185. The third-order valence-electron chi connectivity index (χ3n) is 2.41. The van der Waals surface area contributed by atoms with Gasteiger partial charge in [0.2, 0.25) is 0 Å². The highest BCUT2D eigenvalue weighted by Crippen LogP contribution is 2.20. The Labute approximate surface area is 83.3 Å². The van der Waals surface area contributed by atoms with Crippen LogP contribution in [0.5, 0.6) is 0 Å². The smallest absolute Gasteiger partial charge is 0.251 e. The molecule has 3 nitrogen and oxygen atoms in total. The Bertz CT molecular complexity index is 370. The number of carbonyl (C=O) groups excluding carboxylic acids is 1. The van der Waals surface area contributed by atoms with E-state index in [9.17, 15) is 4.79 Å². The molecule has 3 heteroatoms. The summed E-state index contributed by atoms with van der Waals surface area (Å²) in [5.41, 5.74) is 7.97. The topological polar surface area (TPSA) is 55.1 Å². The molecule has 0 aromatic heterocycles. The van der Waals surface area contributed by atoms with Crippen molar-refractivity contribution in [3.05, 3.63) is 29.3 Å². The minimum Gasteiger partial charge on any atom is -0.399 e. The van der Waals surface area contributed by atoms with E-state index in [2.05, 4.69) is 5.32 Å². The standard InChI is InChI=1S/C11H14N2O/c1-7-6-8(12)2-5-10(7)11(14)13-9-3-4-9/h2,5-6,9H,3-4,12H2,1H3,(H,13,14). The van der Waals surface area contributed by atoms with Crippen LogP contribution in [0.2, 0.25) is 0 Å². The number of hydrogen-bond donors (Lipinski definition) is 2. The summed E-state index contributed by atoms with van der Waals surface area (Å²) < 4.78 is 0. The van der Waals surface area contributed by atoms with Crippen LogP contribution in [0.25, 0.3) is 0 Å². The van der Waals surface area contributed by atoms with Crippen molar-refractivity contribution in [2.75, 3.05) is 5.73 Å². The molecule has 1 amide bonds. The molecular formula is C11H14N2O. The molecule has 0 bridgehead atoms. The molecule has 1 fully saturated rings. The third-order valence-corrected chi connectivity index (χ3v) is 2.41. The molecule has 0 heterocycles. The van der Waals surface area contributed by atoms with Gasteiger partial charge in [-0.1, -0.05) is 0 Å². The zero-order chi connectivity index (χ0) is 10.1. The molecule has 1 aliphatic rings. The van der Waals surface area contributed by atoms with Gasteiger partial charge < -0.3 is 11.1 Å². The summed E-state index contributed by atoms with van der Waals surface area (Å²) >= 11 is 0. The fourth-order valence-electron chi connectivity index (χ4n) is 1.43. The Balaban J connectivity index is 2.17. The molecule has 0 spiro atoms. The van der Waals surface area contributed by atoms with Crippen LogP contribution in [0.4, 0.5) is 5.69 Å². The van der Waals surface area contributed by atoms with Gasteiger partial charge in [0.1, 0.15) is 0 Å². The maximum absolute atomic E-state index is 11.7. The van der Waals surface area contributed by atoms with E-state index in [0.29, 0.717) is 11.7 Å². The van der Waals surface area contributed by atoms with Gasteiger partial charge in [-0.3, -0.25) is 4.79 Å². The molecule has 3 N–H and O–H groups in total. The van der Waals surface area contributed by atoms with E-state index in [1.165, 1.54) is 0 Å². The molecule has 14 heavy (non-hydrogen) atoms. The number of benzene rings is 1. The number of amides is 1. The summed E-state index contributed by atoms with van der Waals surface area (Å²) in [5, 5.41) is 2.95. The van der Waals surface area contributed by atoms with Crippen molar-refractivity contribution in [1.29, 1.82) is 0 Å². The highest BCUT2D eigenvalue weighted by Gasteiger charge is 2.24. The fraction of sp³-hybridized carbons (Fsp3) is 0.364. The summed E-state index contributed by atoms with van der Waals surface area (Å²) in [6, 6.07) is 5.76. The normalized spacial score (nSPS) is 15.2. The first-order valence-electron chi connectivity index (χ1n) is 4.84. The van der Waals surface area contributed by atoms with Crippen molar-refractivity contribution in [3.8, 4) is 0 Å². The van der Waals surface area contributed by atoms with Crippen molar-refractivity contribution >= 4 is 11.6 Å². The molecule has 1 aromatic carbocycles. The van der Waals surface area contributed by atoms with Crippen LogP contribution in [0.15, 0.2) is 18.2 Å². The largest absolute Gasteiger partial charge is 0.399 e. The fourth-order valence-corrected chi connectivity index (χ4v) is 1.43. The Hall–Kier alpha value is -1.51. The minimum atomic E-state index is 0.0185. The van der Waals surface area contributed by atoms with Crippen LogP contribution in [-0.4, -0.2) is 11.9 Å². The van der Waals surface area contributed by atoms with Gasteiger partial charge >= 0.3 is 0 Å². The van der Waals surface area contributed by atoms with Crippen molar-refractivity contribution in [2.45, 2.75) is 25.8 Å². The second kappa shape index (κ2) is 3.33. The van der Waals surface area contributed by atoms with Gasteiger partial charge in [0.25, 0.3) is 5.91 Å². The number of aryl methyl sites for hydroxylation is 1. The lowest BCUT2D eigenvalue weighted by Gasteiger charge is -2.06. The maximum atomic E-state index is 11.7. The number of anilines is 1. The van der Waals surface area contributed by atoms with E-state index in [-0.39, 0.29) is 5.91 Å². The quantitative estimate of drug-likeness (QED) is 0.694. The first-order chi connectivity index (χ1) is 6.66. The Morgan fingerprint density at radius 3 is 2.79 bits per heavy atom. The third kappa shape index (κ3) is 1.87. The van der Waals surface area contributed by atoms with Crippen LogP contribution in [0.3, 0.4) is 0 Å². The van der Waals surface area contributed by atoms with E-state index >= 15 is 0 Å². The number of nitrogen functional groups attached to an aromatic ring is 1. The van der Waals surface area contributed by atoms with Crippen molar-refractivity contribution in [1.82, 2.24) is 5.32 Å². The first kappa shape index (κ1) is 9.06. The van der Waals surface area contributed by atoms with Crippen LogP contribution < -0.4 is 11.1 Å². The molecule has 2 rings (SSSR count). The lowest BCUT2D eigenvalue weighted by atomic mass is 10.1. The van der Waals surface area contributed by atoms with Gasteiger partial charge in [0.15, 0.2) is 0 Å². The predicted octanol–water partition coefficient (Wildman–Crippen LogP) is 1.47. The summed E-state index contributed by atoms with van der Waals surface area (Å²) in [6.07, 6.45) is 2.22. The summed E-state index contributed by atoms with van der Waals surface area (Å²) in [7, 11) is 0. The van der Waals surface area contributed by atoms with Crippen molar-refractivity contribution < 1.29 is 4.79 Å². The Morgan fingerprint density at radius 1 is 1.50 bits per heavy atom. The molecule has 1 aliphatic carbocycles. The molecule has 74 valence electrons. The number of nitrogens with two attached hydrogens (primary N) is 1. The van der Waals surface area contributed by atoms with Crippen LogP contribution >= 0.6 is 0 Å². The lowest BCUT2D eigenvalue weighted by Crippen LogP contribution is -2.26. The molecule has 0 aliphatic heterocycles. The zero-order valence-electron chi connectivity index (χ0n) is 8.21. The highest BCUT2D eigenvalue weighted by atomic mass is 16.1. The number of hydrogen-bond acceptors (Lipinski definition) is 2. The van der Waals surface area contributed by atoms with E-state index in [0.717, 1.165) is 24.0 Å². The monoisotopic (exact) mass is 190 g/mol. The number of carbonyl (C=O) groups is 1. The van der Waals surface area contributed by atoms with Crippen molar-refractivity contribution in [3.63, 3.8) is 0 Å². The highest BCUT2D eigenvalue weighted by molar-refractivity contribution is 5.96. The molecule has 0 radical (unpaired) electrons. The number of rotatable bonds is 2. The summed E-state index contributed by atoms with van der Waals surface area (Å²) in [4.78, 5) is 11.7. The maximum Gasteiger partial charge on any atom is 0.251 e. The van der Waals surface area contributed by atoms with Gasteiger partial charge in [-0.25, -0.2) is 0 Å². The van der Waals surface area contributed by atoms with Crippen LogP contribution in [0, 0.1) is 6.92 Å². The second-order valence-electron chi connectivity index (χ2n) is 3.82. The van der Waals surface area contributed by atoms with E-state index in [4.69, 9.17) is 5.73 Å². The van der Waals surface area contributed by atoms with Gasteiger partial charge in [-0.15, -0.1) is 0 Å². The average molecular weight is 190 g/mol. The van der Waals surface area contributed by atoms with E-state index in [1.54, 1.807) is 12.1 Å². The lowest BCUT2D eigenvalue weighted by molar-refractivity contribution is 0.0950. The summed E-state index contributed by atoms with van der Waals surface area (Å²) in [6.45, 7) is 1.90. The Kier molecular flexibility index (Phi) is 2.15. The molecule has 0 saturated heterocycles. The summed E-state index contributed by atoms with van der Waals surface area (Å²) in [5.74, 6) is 0.0185. The van der Waals surface area contributed by atoms with Crippen LogP contribution in [-0.2, 0) is 0 Å². The van der Waals surface area contributed by atoms with Gasteiger partial charge in [0.05, 0.1) is 0 Å². The molecule has 0 unspecified atom stereocenters. The zero-order valence-corrected chi connectivity index (χ0v) is 8.21. The average Bonchev–Trinajstić information content (AvgIpc) is 2.87. The van der Waals surface area contributed by atoms with Crippen LogP contribution in [0.1, 0.15) is 28.8 Å². The molecule has 0 atom stereocenters. The molecule has 1 saturated carbocycles. The van der Waals surface area contributed by atoms with Gasteiger partial charge in [0, 0.05) is 17.3 Å². The molecular weight excluding hydrogens is 176 g/mol. The van der Waals surface area contributed by atoms with E-state index in [1.807, 2.05) is 13.0 Å². The Morgan fingerprint density at radius 2 is 2.21 bits per heavy atom. The molecule has 1 aromatic rings. The number of nitrogens with one attached hydrogen (secondary N) is 1. The second-order valence-corrected chi connectivity index (χ2v) is 3.82.